The van der Waals surface area contributed by atoms with Gasteiger partial charge in [0.2, 0.25) is 0 Å². The van der Waals surface area contributed by atoms with E-state index in [1.165, 1.54) is 19.3 Å². The molecule has 0 bridgehead atoms. The van der Waals surface area contributed by atoms with Crippen molar-refractivity contribution < 1.29 is 0 Å². The van der Waals surface area contributed by atoms with Crippen LogP contribution >= 0.6 is 0 Å². The molecule has 0 spiro atoms. The maximum atomic E-state index is 5.81. The number of nitrogens with zero attached hydrogens (tertiary/aromatic N) is 4. The van der Waals surface area contributed by atoms with Crippen molar-refractivity contribution in [2.24, 2.45) is 18.7 Å². The van der Waals surface area contributed by atoms with E-state index in [-0.39, 0.29) is 0 Å². The Bertz CT molecular complexity index is 335. The van der Waals surface area contributed by atoms with Crippen molar-refractivity contribution in [3.8, 4) is 0 Å². The van der Waals surface area contributed by atoms with Gasteiger partial charge in [0.25, 0.3) is 0 Å². The van der Waals surface area contributed by atoms with Crippen LogP contribution in [0.2, 0.25) is 0 Å². The molecule has 1 aliphatic rings. The van der Waals surface area contributed by atoms with Gasteiger partial charge in [-0.1, -0.05) is 6.42 Å². The predicted molar refractivity (Wildman–Crippen MR) is 62.7 cm³/mol. The molecule has 5 nitrogen and oxygen atoms in total. The van der Waals surface area contributed by atoms with Gasteiger partial charge in [0.05, 0.1) is 6.54 Å². The normalized spacial score (nSPS) is 25.5. The summed E-state index contributed by atoms with van der Waals surface area (Å²) in [6, 6.07) is 0.613. The lowest BCUT2D eigenvalue weighted by molar-refractivity contribution is 0.186. The molecule has 16 heavy (non-hydrogen) atoms. The van der Waals surface area contributed by atoms with Gasteiger partial charge in [-0.2, -0.15) is 5.10 Å². The first-order valence-electron chi connectivity index (χ1n) is 5.95. The first-order chi connectivity index (χ1) is 7.72. The average molecular weight is 223 g/mol. The molecule has 2 atom stereocenters. The summed E-state index contributed by atoms with van der Waals surface area (Å²) < 4.78 is 1.84. The van der Waals surface area contributed by atoms with Gasteiger partial charge in [-0.3, -0.25) is 9.58 Å². The lowest BCUT2D eigenvalue weighted by Gasteiger charge is -2.28. The monoisotopic (exact) mass is 223 g/mol. The highest BCUT2D eigenvalue weighted by molar-refractivity contribution is 4.89. The van der Waals surface area contributed by atoms with Gasteiger partial charge in [-0.05, 0) is 32.4 Å². The maximum absolute atomic E-state index is 5.81. The Morgan fingerprint density at radius 1 is 1.56 bits per heavy atom. The Morgan fingerprint density at radius 3 is 3.00 bits per heavy atom. The van der Waals surface area contributed by atoms with E-state index in [1.807, 2.05) is 11.7 Å². The van der Waals surface area contributed by atoms with Gasteiger partial charge in [-0.15, -0.1) is 0 Å². The highest BCUT2D eigenvalue weighted by Crippen LogP contribution is 2.28. The molecule has 0 saturated heterocycles. The molecule has 1 fully saturated rings. The van der Waals surface area contributed by atoms with Gasteiger partial charge < -0.3 is 5.73 Å². The number of rotatable bonds is 4. The lowest BCUT2D eigenvalue weighted by Crippen LogP contribution is -2.37. The minimum atomic E-state index is 0.613. The van der Waals surface area contributed by atoms with Gasteiger partial charge in [0.1, 0.15) is 12.2 Å². The molecule has 90 valence electrons. The molecule has 2 unspecified atom stereocenters. The highest BCUT2D eigenvalue weighted by atomic mass is 15.3. The van der Waals surface area contributed by atoms with Crippen LogP contribution in [-0.2, 0) is 13.6 Å². The van der Waals surface area contributed by atoms with Crippen LogP contribution in [0.5, 0.6) is 0 Å². The smallest absolute Gasteiger partial charge is 0.140 e. The van der Waals surface area contributed by atoms with E-state index >= 15 is 0 Å². The molecule has 0 aliphatic heterocycles. The van der Waals surface area contributed by atoms with Crippen LogP contribution in [-0.4, -0.2) is 39.3 Å². The zero-order valence-electron chi connectivity index (χ0n) is 10.1. The zero-order chi connectivity index (χ0) is 11.5. The third-order valence-electron chi connectivity index (χ3n) is 3.68. The maximum Gasteiger partial charge on any atom is 0.140 e. The second kappa shape index (κ2) is 4.93. The quantitative estimate of drug-likeness (QED) is 0.801. The highest BCUT2D eigenvalue weighted by Gasteiger charge is 2.29. The summed E-state index contributed by atoms with van der Waals surface area (Å²) in [7, 11) is 4.10. The van der Waals surface area contributed by atoms with E-state index in [1.54, 1.807) is 6.33 Å². The summed E-state index contributed by atoms with van der Waals surface area (Å²) in [5, 5.41) is 4.09. The number of nitrogens with two attached hydrogens (primary N) is 1. The molecule has 2 rings (SSSR count). The Morgan fingerprint density at radius 2 is 2.38 bits per heavy atom. The van der Waals surface area contributed by atoms with E-state index < -0.39 is 0 Å². The lowest BCUT2D eigenvalue weighted by atomic mass is 10.0. The summed E-state index contributed by atoms with van der Waals surface area (Å²) >= 11 is 0. The molecule has 0 radical (unpaired) electrons. The molecule has 0 aromatic carbocycles. The zero-order valence-corrected chi connectivity index (χ0v) is 10.1. The van der Waals surface area contributed by atoms with Gasteiger partial charge >= 0.3 is 0 Å². The van der Waals surface area contributed by atoms with Gasteiger partial charge in [0.15, 0.2) is 0 Å². The van der Waals surface area contributed by atoms with Gasteiger partial charge in [0, 0.05) is 13.1 Å². The first kappa shape index (κ1) is 11.5. The Labute approximate surface area is 96.6 Å². The van der Waals surface area contributed by atoms with Crippen molar-refractivity contribution in [3.63, 3.8) is 0 Å². The molecule has 2 N–H and O–H groups in total. The third-order valence-corrected chi connectivity index (χ3v) is 3.68. The van der Waals surface area contributed by atoms with Crippen molar-refractivity contribution in [1.29, 1.82) is 0 Å². The summed E-state index contributed by atoms with van der Waals surface area (Å²) in [6.45, 7) is 1.66. The van der Waals surface area contributed by atoms with E-state index in [4.69, 9.17) is 5.73 Å². The second-order valence-electron chi connectivity index (χ2n) is 4.71. The average Bonchev–Trinajstić information content (AvgIpc) is 2.87. The number of hydrogen-bond donors (Lipinski definition) is 1. The van der Waals surface area contributed by atoms with Gasteiger partial charge in [-0.25, -0.2) is 4.98 Å². The fourth-order valence-electron chi connectivity index (χ4n) is 2.68. The van der Waals surface area contributed by atoms with E-state index in [9.17, 15) is 0 Å². The van der Waals surface area contributed by atoms with Crippen LogP contribution in [0.3, 0.4) is 0 Å². The molecule has 5 heteroatoms. The van der Waals surface area contributed by atoms with E-state index in [2.05, 4.69) is 22.0 Å². The summed E-state index contributed by atoms with van der Waals surface area (Å²) in [5.74, 6) is 1.67. The second-order valence-corrected chi connectivity index (χ2v) is 4.71. The minimum absolute atomic E-state index is 0.613. The van der Waals surface area contributed by atoms with E-state index in [0.29, 0.717) is 12.0 Å². The fourth-order valence-corrected chi connectivity index (χ4v) is 2.68. The molecule has 1 aromatic heterocycles. The van der Waals surface area contributed by atoms with Crippen LogP contribution in [0.1, 0.15) is 25.1 Å². The number of hydrogen-bond acceptors (Lipinski definition) is 4. The van der Waals surface area contributed by atoms with Crippen molar-refractivity contribution in [2.75, 3.05) is 13.6 Å². The number of aromatic nitrogens is 3. The number of aryl methyl sites for hydroxylation is 1. The molecule has 1 aliphatic carbocycles. The summed E-state index contributed by atoms with van der Waals surface area (Å²) in [5.41, 5.74) is 5.81. The molecule has 1 saturated carbocycles. The van der Waals surface area contributed by atoms with Crippen molar-refractivity contribution in [3.05, 3.63) is 12.2 Å². The van der Waals surface area contributed by atoms with Crippen molar-refractivity contribution in [2.45, 2.75) is 31.8 Å². The first-order valence-corrected chi connectivity index (χ1v) is 5.95. The topological polar surface area (TPSA) is 60.0 Å². The Balaban J connectivity index is 1.97. The van der Waals surface area contributed by atoms with Crippen LogP contribution in [0.15, 0.2) is 6.33 Å². The summed E-state index contributed by atoms with van der Waals surface area (Å²) in [6.07, 6.45) is 5.44. The predicted octanol–water partition coefficient (Wildman–Crippen LogP) is 0.374. The van der Waals surface area contributed by atoms with Crippen LogP contribution in [0, 0.1) is 5.92 Å². The fraction of sp³-hybridized carbons (Fsp3) is 0.818. The van der Waals surface area contributed by atoms with Crippen LogP contribution in [0.4, 0.5) is 0 Å². The largest absolute Gasteiger partial charge is 0.330 e. The molecular formula is C11H21N5. The molecule has 1 heterocycles. The third kappa shape index (κ3) is 2.25. The standard InChI is InChI=1S/C11H21N5/c1-15(7-11-13-8-14-16(11)2)10-5-3-4-9(10)6-12/h8-10H,3-7,12H2,1-2H3. The Hall–Kier alpha value is -0.940. The Kier molecular flexibility index (Phi) is 3.56. The minimum Gasteiger partial charge on any atom is -0.330 e. The molecular weight excluding hydrogens is 202 g/mol. The van der Waals surface area contributed by atoms with E-state index in [0.717, 1.165) is 18.9 Å². The van der Waals surface area contributed by atoms with Crippen molar-refractivity contribution in [1.82, 2.24) is 19.7 Å². The van der Waals surface area contributed by atoms with Crippen molar-refractivity contribution >= 4 is 0 Å². The molecule has 0 amide bonds. The van der Waals surface area contributed by atoms with Crippen LogP contribution in [0.25, 0.3) is 0 Å². The van der Waals surface area contributed by atoms with Crippen LogP contribution < -0.4 is 5.73 Å². The summed E-state index contributed by atoms with van der Waals surface area (Å²) in [4.78, 5) is 6.63. The SMILES string of the molecule is CN(Cc1ncnn1C)C1CCCC1CN. The molecule has 1 aromatic rings.